The zero-order chi connectivity index (χ0) is 7.23. The second-order valence-electron chi connectivity index (χ2n) is 2.31. The van der Waals surface area contributed by atoms with E-state index in [1.165, 1.54) is 0 Å². The summed E-state index contributed by atoms with van der Waals surface area (Å²) in [6.45, 7) is 2.95. The van der Waals surface area contributed by atoms with Crippen molar-refractivity contribution in [1.29, 1.82) is 0 Å². The Bertz CT molecular complexity index is 136. The summed E-state index contributed by atoms with van der Waals surface area (Å²) in [4.78, 5) is 0. The first-order valence-corrected chi connectivity index (χ1v) is 3.75. The molecule has 0 atom stereocenters. The lowest BCUT2D eigenvalue weighted by molar-refractivity contribution is 0.162. The maximum Gasteiger partial charge on any atom is 0.123 e. The average Bonchev–Trinajstić information content (AvgIpc) is 2.03. The Labute approximate surface area is 62.4 Å². The van der Waals surface area contributed by atoms with Crippen molar-refractivity contribution < 1.29 is 4.74 Å². The largest absolute Gasteiger partial charge is 0.367 e. The lowest BCUT2D eigenvalue weighted by Crippen LogP contribution is -2.01. The lowest BCUT2D eigenvalue weighted by Gasteiger charge is -2.11. The van der Waals surface area contributed by atoms with Gasteiger partial charge in [0.15, 0.2) is 0 Å². The molecule has 1 aliphatic carbocycles. The van der Waals surface area contributed by atoms with Crippen LogP contribution in [0.5, 0.6) is 0 Å². The first-order valence-electron chi connectivity index (χ1n) is 3.75. The van der Waals surface area contributed by atoms with Crippen LogP contribution in [0.2, 0.25) is 0 Å². The van der Waals surface area contributed by atoms with Gasteiger partial charge in [0.05, 0.1) is 0 Å². The molecule has 0 heterocycles. The van der Waals surface area contributed by atoms with Crippen LogP contribution in [-0.4, -0.2) is 6.61 Å². The molecule has 0 aromatic rings. The van der Waals surface area contributed by atoms with E-state index < -0.39 is 0 Å². The average molecular weight is 137 g/mol. The highest BCUT2D eigenvalue weighted by molar-refractivity contribution is 5.19. The Hall–Kier alpha value is -0.560. The summed E-state index contributed by atoms with van der Waals surface area (Å²) in [7, 11) is 0. The van der Waals surface area contributed by atoms with Gasteiger partial charge < -0.3 is 4.74 Å². The molecule has 1 heteroatoms. The van der Waals surface area contributed by atoms with Gasteiger partial charge in [0.1, 0.15) is 6.10 Å². The Kier molecular flexibility index (Phi) is 3.23. The molecule has 0 spiro atoms. The predicted molar refractivity (Wildman–Crippen MR) is 42.4 cm³/mol. The van der Waals surface area contributed by atoms with Crippen LogP contribution in [0.4, 0.5) is 0 Å². The topological polar surface area (TPSA) is 9.23 Å². The minimum Gasteiger partial charge on any atom is -0.367 e. The zero-order valence-electron chi connectivity index (χ0n) is 6.34. The SMILES string of the molecule is CCCO[C]1C=CC=CC1. The third kappa shape index (κ3) is 2.36. The Balaban J connectivity index is 2.17. The summed E-state index contributed by atoms with van der Waals surface area (Å²) in [5.74, 6) is 0. The highest BCUT2D eigenvalue weighted by Crippen LogP contribution is 2.14. The van der Waals surface area contributed by atoms with Gasteiger partial charge in [-0.2, -0.15) is 0 Å². The number of hydrogen-bond donors (Lipinski definition) is 0. The molecule has 55 valence electrons. The molecular formula is C9H13O. The molecule has 1 radical (unpaired) electrons. The van der Waals surface area contributed by atoms with Gasteiger partial charge in [0.2, 0.25) is 0 Å². The van der Waals surface area contributed by atoms with Crippen LogP contribution >= 0.6 is 0 Å². The van der Waals surface area contributed by atoms with Crippen LogP contribution in [0.1, 0.15) is 19.8 Å². The van der Waals surface area contributed by atoms with Gasteiger partial charge in [-0.25, -0.2) is 0 Å². The highest BCUT2D eigenvalue weighted by atomic mass is 16.5. The van der Waals surface area contributed by atoms with Gasteiger partial charge in [-0.3, -0.25) is 0 Å². The van der Waals surface area contributed by atoms with E-state index in [1.54, 1.807) is 0 Å². The molecule has 0 saturated carbocycles. The number of allylic oxidation sites excluding steroid dienone is 2. The van der Waals surface area contributed by atoms with Crippen molar-refractivity contribution in [3.8, 4) is 0 Å². The van der Waals surface area contributed by atoms with Gasteiger partial charge in [-0.15, -0.1) is 0 Å². The summed E-state index contributed by atoms with van der Waals surface area (Å²) < 4.78 is 5.41. The summed E-state index contributed by atoms with van der Waals surface area (Å²) in [6.07, 6.45) is 11.3. The molecule has 0 unspecified atom stereocenters. The smallest absolute Gasteiger partial charge is 0.123 e. The van der Waals surface area contributed by atoms with Crippen molar-refractivity contribution in [3.05, 3.63) is 30.4 Å². The molecule has 0 amide bonds. The summed E-state index contributed by atoms with van der Waals surface area (Å²) in [5.41, 5.74) is 0. The second kappa shape index (κ2) is 4.29. The van der Waals surface area contributed by atoms with Crippen LogP contribution in [0.15, 0.2) is 24.3 Å². The van der Waals surface area contributed by atoms with Crippen molar-refractivity contribution in [3.63, 3.8) is 0 Å². The fourth-order valence-electron chi connectivity index (χ4n) is 0.834. The first kappa shape index (κ1) is 7.55. The molecule has 1 aliphatic rings. The molecule has 1 rings (SSSR count). The molecule has 1 nitrogen and oxygen atoms in total. The molecule has 0 aromatic heterocycles. The monoisotopic (exact) mass is 137 g/mol. The van der Waals surface area contributed by atoms with Gasteiger partial charge in [0.25, 0.3) is 0 Å². The van der Waals surface area contributed by atoms with Crippen LogP contribution < -0.4 is 0 Å². The second-order valence-corrected chi connectivity index (χ2v) is 2.31. The maximum atomic E-state index is 5.41. The third-order valence-corrected chi connectivity index (χ3v) is 1.34. The van der Waals surface area contributed by atoms with E-state index in [1.807, 2.05) is 18.2 Å². The fourth-order valence-corrected chi connectivity index (χ4v) is 0.834. The van der Waals surface area contributed by atoms with Crippen LogP contribution in [-0.2, 0) is 4.74 Å². The van der Waals surface area contributed by atoms with Gasteiger partial charge >= 0.3 is 0 Å². The van der Waals surface area contributed by atoms with E-state index in [-0.39, 0.29) is 0 Å². The van der Waals surface area contributed by atoms with Crippen molar-refractivity contribution in [2.45, 2.75) is 19.8 Å². The molecule has 0 N–H and O–H groups in total. The molecule has 0 bridgehead atoms. The van der Waals surface area contributed by atoms with Crippen molar-refractivity contribution in [1.82, 2.24) is 0 Å². The molecule has 0 fully saturated rings. The molecule has 0 aromatic carbocycles. The minimum atomic E-state index is 0.841. The fraction of sp³-hybridized carbons (Fsp3) is 0.444. The molecule has 0 aliphatic heterocycles. The van der Waals surface area contributed by atoms with Crippen LogP contribution in [0.25, 0.3) is 0 Å². The normalized spacial score (nSPS) is 18.1. The summed E-state index contributed by atoms with van der Waals surface area (Å²) in [6, 6.07) is 0. The van der Waals surface area contributed by atoms with E-state index in [9.17, 15) is 0 Å². The molecule has 10 heavy (non-hydrogen) atoms. The van der Waals surface area contributed by atoms with Gasteiger partial charge in [-0.05, 0) is 12.5 Å². The summed E-state index contributed by atoms with van der Waals surface area (Å²) >= 11 is 0. The van der Waals surface area contributed by atoms with Gasteiger partial charge in [-0.1, -0.05) is 25.2 Å². The lowest BCUT2D eigenvalue weighted by atomic mass is 10.1. The van der Waals surface area contributed by atoms with Crippen molar-refractivity contribution in [2.24, 2.45) is 0 Å². The first-order chi connectivity index (χ1) is 4.93. The molecular weight excluding hydrogens is 124 g/mol. The van der Waals surface area contributed by atoms with E-state index in [0.29, 0.717) is 0 Å². The standard InChI is InChI=1S/C9H13O/c1-2-8-10-9-6-4-3-5-7-9/h3-6H,2,7-8H2,1H3. The van der Waals surface area contributed by atoms with Gasteiger partial charge in [0, 0.05) is 13.0 Å². The van der Waals surface area contributed by atoms with Crippen molar-refractivity contribution in [2.75, 3.05) is 6.61 Å². The number of hydrogen-bond acceptors (Lipinski definition) is 1. The van der Waals surface area contributed by atoms with E-state index >= 15 is 0 Å². The maximum absolute atomic E-state index is 5.41. The zero-order valence-corrected chi connectivity index (χ0v) is 6.34. The Morgan fingerprint density at radius 2 is 2.40 bits per heavy atom. The number of rotatable bonds is 3. The Morgan fingerprint density at radius 1 is 1.50 bits per heavy atom. The van der Waals surface area contributed by atoms with Crippen molar-refractivity contribution >= 4 is 0 Å². The Morgan fingerprint density at radius 3 is 3.00 bits per heavy atom. The molecule has 0 saturated heterocycles. The highest BCUT2D eigenvalue weighted by Gasteiger charge is 2.04. The van der Waals surface area contributed by atoms with E-state index in [0.717, 1.165) is 25.6 Å². The quantitative estimate of drug-likeness (QED) is 0.580. The van der Waals surface area contributed by atoms with E-state index in [4.69, 9.17) is 4.74 Å². The number of ether oxygens (including phenoxy) is 1. The van der Waals surface area contributed by atoms with Crippen LogP contribution in [0.3, 0.4) is 0 Å². The summed E-state index contributed by atoms with van der Waals surface area (Å²) in [5, 5.41) is 0. The van der Waals surface area contributed by atoms with Crippen LogP contribution in [0, 0.1) is 6.10 Å². The van der Waals surface area contributed by atoms with E-state index in [2.05, 4.69) is 13.0 Å². The minimum absolute atomic E-state index is 0.841. The third-order valence-electron chi connectivity index (χ3n) is 1.34. The predicted octanol–water partition coefficient (Wildman–Crippen LogP) is 2.46.